The molecule has 1 aromatic carbocycles. The SMILES string of the molecule is Cc1nccn1[C@@H](C)CC(=O)NCc1cccnc1-n1cnc2ccccc21. The molecule has 28 heavy (non-hydrogen) atoms. The van der Waals surface area contributed by atoms with E-state index in [2.05, 4.69) is 20.3 Å². The van der Waals surface area contributed by atoms with Crippen molar-refractivity contribution in [2.45, 2.75) is 32.9 Å². The molecule has 0 saturated heterocycles. The Bertz CT molecular complexity index is 1110. The first-order chi connectivity index (χ1) is 13.6. The summed E-state index contributed by atoms with van der Waals surface area (Å²) in [7, 11) is 0. The number of hydrogen-bond donors (Lipinski definition) is 1. The van der Waals surface area contributed by atoms with Gasteiger partial charge in [-0.05, 0) is 32.0 Å². The lowest BCUT2D eigenvalue weighted by molar-refractivity contribution is -0.121. The van der Waals surface area contributed by atoms with Crippen molar-refractivity contribution < 1.29 is 4.79 Å². The molecule has 142 valence electrons. The first-order valence-corrected chi connectivity index (χ1v) is 9.26. The average Bonchev–Trinajstić information content (AvgIpc) is 3.33. The van der Waals surface area contributed by atoms with Gasteiger partial charge in [-0.25, -0.2) is 15.0 Å². The van der Waals surface area contributed by atoms with Crippen molar-refractivity contribution in [1.82, 2.24) is 29.4 Å². The highest BCUT2D eigenvalue weighted by atomic mass is 16.1. The van der Waals surface area contributed by atoms with Crippen molar-refractivity contribution in [2.24, 2.45) is 0 Å². The topological polar surface area (TPSA) is 77.6 Å². The molecule has 1 atom stereocenters. The summed E-state index contributed by atoms with van der Waals surface area (Å²) in [5, 5.41) is 3.02. The monoisotopic (exact) mass is 374 g/mol. The molecular formula is C21H22N6O. The summed E-state index contributed by atoms with van der Waals surface area (Å²) >= 11 is 0. The van der Waals surface area contributed by atoms with Crippen LogP contribution in [0, 0.1) is 6.92 Å². The number of amides is 1. The number of imidazole rings is 2. The second-order valence-corrected chi connectivity index (χ2v) is 6.80. The molecule has 0 aliphatic heterocycles. The quantitative estimate of drug-likeness (QED) is 0.562. The lowest BCUT2D eigenvalue weighted by Crippen LogP contribution is -2.26. The molecule has 1 amide bonds. The maximum absolute atomic E-state index is 12.5. The Balaban J connectivity index is 1.49. The lowest BCUT2D eigenvalue weighted by atomic mass is 10.2. The first-order valence-electron chi connectivity index (χ1n) is 9.26. The van der Waals surface area contributed by atoms with Crippen LogP contribution in [-0.2, 0) is 11.3 Å². The first kappa shape index (κ1) is 17.9. The number of nitrogens with one attached hydrogen (secondary N) is 1. The van der Waals surface area contributed by atoms with E-state index in [4.69, 9.17) is 0 Å². The van der Waals surface area contributed by atoms with E-state index in [-0.39, 0.29) is 11.9 Å². The molecule has 3 aromatic heterocycles. The van der Waals surface area contributed by atoms with Gasteiger partial charge in [-0.15, -0.1) is 0 Å². The highest BCUT2D eigenvalue weighted by Crippen LogP contribution is 2.19. The number of carbonyl (C=O) groups excluding carboxylic acids is 1. The molecule has 0 saturated carbocycles. The molecule has 0 unspecified atom stereocenters. The number of pyridine rings is 1. The van der Waals surface area contributed by atoms with Crippen LogP contribution in [0.15, 0.2) is 61.3 Å². The maximum atomic E-state index is 12.5. The number of benzene rings is 1. The smallest absolute Gasteiger partial charge is 0.222 e. The number of carbonyl (C=O) groups is 1. The maximum Gasteiger partial charge on any atom is 0.222 e. The second-order valence-electron chi connectivity index (χ2n) is 6.80. The third kappa shape index (κ3) is 3.51. The van der Waals surface area contributed by atoms with Crippen molar-refractivity contribution >= 4 is 16.9 Å². The highest BCUT2D eigenvalue weighted by Gasteiger charge is 2.14. The Morgan fingerprint density at radius 1 is 1.11 bits per heavy atom. The molecule has 0 bridgehead atoms. The van der Waals surface area contributed by atoms with E-state index < -0.39 is 0 Å². The Labute approximate surface area is 163 Å². The molecule has 7 heteroatoms. The molecule has 1 N–H and O–H groups in total. The van der Waals surface area contributed by atoms with Crippen LogP contribution in [0.3, 0.4) is 0 Å². The summed E-state index contributed by atoms with van der Waals surface area (Å²) in [5.74, 6) is 1.67. The summed E-state index contributed by atoms with van der Waals surface area (Å²) in [5.41, 5.74) is 2.83. The highest BCUT2D eigenvalue weighted by molar-refractivity contribution is 5.78. The van der Waals surface area contributed by atoms with Crippen molar-refractivity contribution in [2.75, 3.05) is 0 Å². The van der Waals surface area contributed by atoms with Gasteiger partial charge in [0.25, 0.3) is 0 Å². The fraction of sp³-hybridized carbons (Fsp3) is 0.238. The average molecular weight is 374 g/mol. The van der Waals surface area contributed by atoms with E-state index in [9.17, 15) is 4.79 Å². The third-order valence-corrected chi connectivity index (χ3v) is 4.84. The van der Waals surface area contributed by atoms with E-state index in [1.807, 2.05) is 65.6 Å². The molecule has 0 aliphatic rings. The summed E-state index contributed by atoms with van der Waals surface area (Å²) < 4.78 is 3.96. The summed E-state index contributed by atoms with van der Waals surface area (Å²) in [6, 6.07) is 11.8. The molecular weight excluding hydrogens is 352 g/mol. The minimum Gasteiger partial charge on any atom is -0.352 e. The van der Waals surface area contributed by atoms with Gasteiger partial charge in [0.1, 0.15) is 18.0 Å². The molecule has 4 aromatic rings. The molecule has 0 radical (unpaired) electrons. The van der Waals surface area contributed by atoms with Gasteiger partial charge in [-0.2, -0.15) is 0 Å². The Morgan fingerprint density at radius 2 is 1.96 bits per heavy atom. The normalized spacial score (nSPS) is 12.2. The number of hydrogen-bond acceptors (Lipinski definition) is 4. The number of fused-ring (bicyclic) bond motifs is 1. The van der Waals surface area contributed by atoms with Gasteiger partial charge in [0.05, 0.1) is 11.0 Å². The predicted molar refractivity (Wildman–Crippen MR) is 107 cm³/mol. The minimum atomic E-state index is -0.00843. The van der Waals surface area contributed by atoms with Gasteiger partial charge in [0.15, 0.2) is 0 Å². The van der Waals surface area contributed by atoms with Crippen molar-refractivity contribution in [3.8, 4) is 5.82 Å². The molecule has 4 rings (SSSR count). The van der Waals surface area contributed by atoms with E-state index in [0.717, 1.165) is 28.2 Å². The standard InChI is InChI=1S/C21H22N6O/c1-15(26-11-10-22-16(26)2)12-20(28)24-13-17-6-5-9-23-21(17)27-14-25-18-7-3-4-8-19(18)27/h3-11,14-15H,12-13H2,1-2H3,(H,24,28)/t15-/m0/s1. The van der Waals surface area contributed by atoms with E-state index >= 15 is 0 Å². The Hall–Kier alpha value is -3.48. The van der Waals surface area contributed by atoms with Crippen molar-refractivity contribution in [3.63, 3.8) is 0 Å². The van der Waals surface area contributed by atoms with Gasteiger partial charge in [0, 0.05) is 43.2 Å². The lowest BCUT2D eigenvalue weighted by Gasteiger charge is -2.15. The zero-order valence-electron chi connectivity index (χ0n) is 15.9. The van der Waals surface area contributed by atoms with E-state index in [1.54, 1.807) is 18.7 Å². The fourth-order valence-corrected chi connectivity index (χ4v) is 3.40. The van der Waals surface area contributed by atoms with Crippen molar-refractivity contribution in [3.05, 3.63) is 72.7 Å². The molecule has 0 spiro atoms. The fourth-order valence-electron chi connectivity index (χ4n) is 3.40. The zero-order valence-corrected chi connectivity index (χ0v) is 15.9. The van der Waals surface area contributed by atoms with Gasteiger partial charge in [-0.1, -0.05) is 18.2 Å². The number of aromatic nitrogens is 5. The number of para-hydroxylation sites is 2. The number of rotatable bonds is 6. The Morgan fingerprint density at radius 3 is 2.79 bits per heavy atom. The van der Waals surface area contributed by atoms with Crippen molar-refractivity contribution in [1.29, 1.82) is 0 Å². The van der Waals surface area contributed by atoms with Gasteiger partial charge < -0.3 is 9.88 Å². The van der Waals surface area contributed by atoms with Crippen LogP contribution in [-0.4, -0.2) is 30.0 Å². The van der Waals surface area contributed by atoms with Crippen LogP contribution in [0.5, 0.6) is 0 Å². The van der Waals surface area contributed by atoms with Gasteiger partial charge >= 0.3 is 0 Å². The van der Waals surface area contributed by atoms with E-state index in [0.29, 0.717) is 13.0 Å². The zero-order chi connectivity index (χ0) is 19.5. The van der Waals surface area contributed by atoms with Crippen LogP contribution in [0.1, 0.15) is 30.8 Å². The molecule has 0 fully saturated rings. The largest absolute Gasteiger partial charge is 0.352 e. The van der Waals surface area contributed by atoms with Crippen LogP contribution in [0.4, 0.5) is 0 Å². The van der Waals surface area contributed by atoms with Crippen LogP contribution < -0.4 is 5.32 Å². The van der Waals surface area contributed by atoms with Gasteiger partial charge in [-0.3, -0.25) is 9.36 Å². The molecule has 0 aliphatic carbocycles. The third-order valence-electron chi connectivity index (χ3n) is 4.84. The van der Waals surface area contributed by atoms with Crippen LogP contribution in [0.25, 0.3) is 16.9 Å². The predicted octanol–water partition coefficient (Wildman–Crippen LogP) is 3.19. The summed E-state index contributed by atoms with van der Waals surface area (Å²) in [6.45, 7) is 4.36. The van der Waals surface area contributed by atoms with Crippen LogP contribution >= 0.6 is 0 Å². The summed E-state index contributed by atoms with van der Waals surface area (Å²) in [4.78, 5) is 25.6. The number of aryl methyl sites for hydroxylation is 1. The minimum absolute atomic E-state index is 0.00843. The summed E-state index contributed by atoms with van der Waals surface area (Å²) in [6.07, 6.45) is 7.56. The van der Waals surface area contributed by atoms with Crippen LogP contribution in [0.2, 0.25) is 0 Å². The molecule has 7 nitrogen and oxygen atoms in total. The van der Waals surface area contributed by atoms with Gasteiger partial charge in [0.2, 0.25) is 5.91 Å². The molecule has 3 heterocycles. The Kier molecular flexibility index (Phi) is 4.89. The van der Waals surface area contributed by atoms with E-state index in [1.165, 1.54) is 0 Å². The second kappa shape index (κ2) is 7.64. The number of nitrogens with zero attached hydrogens (tertiary/aromatic N) is 5.